The third kappa shape index (κ3) is 1.44. The molecule has 2 aliphatic rings. The zero-order valence-electron chi connectivity index (χ0n) is 9.00. The van der Waals surface area contributed by atoms with Gasteiger partial charge in [-0.2, -0.15) is 5.10 Å². The molecule has 1 saturated carbocycles. The first kappa shape index (κ1) is 9.21. The Labute approximate surface area is 89.8 Å². The second-order valence-electron chi connectivity index (χ2n) is 4.65. The lowest BCUT2D eigenvalue weighted by atomic mass is 9.95. The first-order chi connectivity index (χ1) is 7.36. The Morgan fingerprint density at radius 3 is 2.80 bits per heavy atom. The van der Waals surface area contributed by atoms with E-state index in [1.54, 1.807) is 0 Å². The molecular weight excluding hydrogens is 188 g/mol. The van der Waals surface area contributed by atoms with Crippen LogP contribution in [-0.2, 0) is 13.1 Å². The number of fused-ring (bicyclic) bond motifs is 1. The van der Waals surface area contributed by atoms with Crippen LogP contribution in [-0.4, -0.2) is 9.78 Å². The van der Waals surface area contributed by atoms with Gasteiger partial charge in [0.25, 0.3) is 0 Å². The van der Waals surface area contributed by atoms with Gasteiger partial charge in [0.1, 0.15) is 5.82 Å². The van der Waals surface area contributed by atoms with Gasteiger partial charge in [0.05, 0.1) is 11.7 Å². The van der Waals surface area contributed by atoms with Crippen molar-refractivity contribution in [3.05, 3.63) is 11.3 Å². The second-order valence-corrected chi connectivity index (χ2v) is 4.65. The predicted octanol–water partition coefficient (Wildman–Crippen LogP) is 1.57. The molecule has 0 bridgehead atoms. The van der Waals surface area contributed by atoms with Crippen LogP contribution >= 0.6 is 0 Å². The average Bonchev–Trinajstić information content (AvgIpc) is 2.84. The van der Waals surface area contributed by atoms with E-state index in [0.717, 1.165) is 18.9 Å². The molecule has 0 unspecified atom stereocenters. The van der Waals surface area contributed by atoms with Crippen molar-refractivity contribution in [2.24, 2.45) is 0 Å². The van der Waals surface area contributed by atoms with E-state index in [4.69, 9.17) is 5.73 Å². The van der Waals surface area contributed by atoms with Gasteiger partial charge in [0.15, 0.2) is 0 Å². The number of anilines is 1. The molecule has 1 aromatic rings. The lowest BCUT2D eigenvalue weighted by Crippen LogP contribution is -2.18. The van der Waals surface area contributed by atoms with Crippen LogP contribution in [0, 0.1) is 0 Å². The summed E-state index contributed by atoms with van der Waals surface area (Å²) in [5.74, 6) is 0.737. The normalized spacial score (nSPS) is 21.9. The molecule has 0 radical (unpaired) electrons. The highest BCUT2D eigenvalue weighted by molar-refractivity contribution is 5.44. The van der Waals surface area contributed by atoms with Gasteiger partial charge in [-0.1, -0.05) is 19.3 Å². The summed E-state index contributed by atoms with van der Waals surface area (Å²) < 4.78 is 2.20. The smallest absolute Gasteiger partial charge is 0.150 e. The van der Waals surface area contributed by atoms with Crippen LogP contribution in [0.1, 0.15) is 49.4 Å². The van der Waals surface area contributed by atoms with E-state index in [1.165, 1.54) is 43.4 Å². The Kier molecular flexibility index (Phi) is 2.16. The number of nitrogens with zero attached hydrogens (tertiary/aromatic N) is 2. The Balaban J connectivity index is 1.93. The third-order valence-corrected chi connectivity index (χ3v) is 3.66. The molecule has 0 amide bonds. The standard InChI is InChI=1S/C11H18N4/c12-11-9-6-13-7-10(9)15(14-11)8-4-2-1-3-5-8/h8,13H,1-7H2,(H2,12,14). The van der Waals surface area contributed by atoms with E-state index in [1.807, 2.05) is 0 Å². The lowest BCUT2D eigenvalue weighted by Gasteiger charge is -2.23. The molecule has 1 fully saturated rings. The van der Waals surface area contributed by atoms with E-state index in [2.05, 4.69) is 15.1 Å². The molecule has 1 aliphatic carbocycles. The van der Waals surface area contributed by atoms with Gasteiger partial charge in [0.2, 0.25) is 0 Å². The van der Waals surface area contributed by atoms with E-state index >= 15 is 0 Å². The minimum absolute atomic E-state index is 0.602. The summed E-state index contributed by atoms with van der Waals surface area (Å²) >= 11 is 0. The molecule has 1 aromatic heterocycles. The number of aromatic nitrogens is 2. The highest BCUT2D eigenvalue weighted by Gasteiger charge is 2.25. The topological polar surface area (TPSA) is 55.9 Å². The Morgan fingerprint density at radius 2 is 2.00 bits per heavy atom. The largest absolute Gasteiger partial charge is 0.382 e. The van der Waals surface area contributed by atoms with E-state index in [-0.39, 0.29) is 0 Å². The van der Waals surface area contributed by atoms with Crippen molar-refractivity contribution in [1.82, 2.24) is 15.1 Å². The zero-order valence-corrected chi connectivity index (χ0v) is 9.00. The van der Waals surface area contributed by atoms with Crippen LogP contribution in [0.25, 0.3) is 0 Å². The first-order valence-electron chi connectivity index (χ1n) is 5.92. The highest BCUT2D eigenvalue weighted by Crippen LogP contribution is 2.32. The van der Waals surface area contributed by atoms with E-state index < -0.39 is 0 Å². The molecule has 15 heavy (non-hydrogen) atoms. The van der Waals surface area contributed by atoms with Gasteiger partial charge in [-0.15, -0.1) is 0 Å². The molecular formula is C11H18N4. The van der Waals surface area contributed by atoms with Crippen LogP contribution in [0.3, 0.4) is 0 Å². The van der Waals surface area contributed by atoms with Crippen molar-refractivity contribution < 1.29 is 0 Å². The van der Waals surface area contributed by atoms with Crippen LogP contribution in [0.4, 0.5) is 5.82 Å². The molecule has 82 valence electrons. The SMILES string of the molecule is Nc1nn(C2CCCCC2)c2c1CNC2. The van der Waals surface area contributed by atoms with Crippen molar-refractivity contribution in [3.8, 4) is 0 Å². The number of rotatable bonds is 1. The fraction of sp³-hybridized carbons (Fsp3) is 0.727. The molecule has 0 saturated heterocycles. The molecule has 0 spiro atoms. The highest BCUT2D eigenvalue weighted by atomic mass is 15.3. The van der Waals surface area contributed by atoms with Crippen molar-refractivity contribution in [2.45, 2.75) is 51.2 Å². The number of hydrogen-bond donors (Lipinski definition) is 2. The summed E-state index contributed by atoms with van der Waals surface area (Å²) in [5, 5.41) is 7.86. The quantitative estimate of drug-likeness (QED) is 0.733. The zero-order chi connectivity index (χ0) is 10.3. The van der Waals surface area contributed by atoms with E-state index in [9.17, 15) is 0 Å². The molecule has 4 heteroatoms. The second kappa shape index (κ2) is 3.52. The number of nitrogens with one attached hydrogen (secondary N) is 1. The van der Waals surface area contributed by atoms with Crippen LogP contribution in [0.2, 0.25) is 0 Å². The Morgan fingerprint density at radius 1 is 1.20 bits per heavy atom. The van der Waals surface area contributed by atoms with Crippen molar-refractivity contribution >= 4 is 5.82 Å². The first-order valence-corrected chi connectivity index (χ1v) is 5.92. The fourth-order valence-corrected chi connectivity index (χ4v) is 2.84. The molecule has 0 atom stereocenters. The van der Waals surface area contributed by atoms with Crippen LogP contribution in [0.5, 0.6) is 0 Å². The molecule has 3 rings (SSSR count). The number of nitrogen functional groups attached to an aromatic ring is 1. The average molecular weight is 206 g/mol. The maximum Gasteiger partial charge on any atom is 0.150 e. The molecule has 0 aromatic carbocycles. The minimum atomic E-state index is 0.602. The van der Waals surface area contributed by atoms with Gasteiger partial charge in [-0.05, 0) is 12.8 Å². The predicted molar refractivity (Wildman–Crippen MR) is 59.3 cm³/mol. The minimum Gasteiger partial charge on any atom is -0.382 e. The summed E-state index contributed by atoms with van der Waals surface area (Å²) in [4.78, 5) is 0. The third-order valence-electron chi connectivity index (χ3n) is 3.66. The number of nitrogens with two attached hydrogens (primary N) is 1. The van der Waals surface area contributed by atoms with Gasteiger partial charge < -0.3 is 11.1 Å². The molecule has 1 aliphatic heterocycles. The molecule has 4 nitrogen and oxygen atoms in total. The van der Waals surface area contributed by atoms with Gasteiger partial charge in [-0.3, -0.25) is 4.68 Å². The summed E-state index contributed by atoms with van der Waals surface area (Å²) in [7, 11) is 0. The number of hydrogen-bond acceptors (Lipinski definition) is 3. The summed E-state index contributed by atoms with van der Waals surface area (Å²) in [6.45, 7) is 1.84. The molecule has 3 N–H and O–H groups in total. The van der Waals surface area contributed by atoms with Crippen LogP contribution < -0.4 is 11.1 Å². The maximum atomic E-state index is 5.93. The van der Waals surface area contributed by atoms with Crippen molar-refractivity contribution in [2.75, 3.05) is 5.73 Å². The van der Waals surface area contributed by atoms with Crippen molar-refractivity contribution in [1.29, 1.82) is 0 Å². The summed E-state index contributed by atoms with van der Waals surface area (Å²) in [6.07, 6.45) is 6.61. The summed E-state index contributed by atoms with van der Waals surface area (Å²) in [6, 6.07) is 0.602. The monoisotopic (exact) mass is 206 g/mol. The van der Waals surface area contributed by atoms with E-state index in [0.29, 0.717) is 6.04 Å². The van der Waals surface area contributed by atoms with Gasteiger partial charge in [-0.25, -0.2) is 0 Å². The fourth-order valence-electron chi connectivity index (χ4n) is 2.84. The Bertz CT molecular complexity index is 363. The van der Waals surface area contributed by atoms with Crippen molar-refractivity contribution in [3.63, 3.8) is 0 Å². The molecule has 2 heterocycles. The maximum absolute atomic E-state index is 5.93. The van der Waals surface area contributed by atoms with Crippen LogP contribution in [0.15, 0.2) is 0 Å². The van der Waals surface area contributed by atoms with Gasteiger partial charge in [0, 0.05) is 18.7 Å². The summed E-state index contributed by atoms with van der Waals surface area (Å²) in [5.41, 5.74) is 8.50. The Hall–Kier alpha value is -1.03. The van der Waals surface area contributed by atoms with Gasteiger partial charge >= 0.3 is 0 Å². The lowest BCUT2D eigenvalue weighted by molar-refractivity contribution is 0.322.